The van der Waals surface area contributed by atoms with Crippen LogP contribution in [-0.4, -0.2) is 19.7 Å². The van der Waals surface area contributed by atoms with Crippen LogP contribution in [0.1, 0.15) is 20.7 Å². The maximum absolute atomic E-state index is 12.7. The van der Waals surface area contributed by atoms with E-state index in [-0.39, 0.29) is 16.9 Å². The first-order valence-electron chi connectivity index (χ1n) is 3.50. The molecule has 0 saturated heterocycles. The van der Waals surface area contributed by atoms with E-state index < -0.39 is 5.82 Å². The molecule has 0 spiro atoms. The van der Waals surface area contributed by atoms with E-state index in [2.05, 4.69) is 0 Å². The van der Waals surface area contributed by atoms with Gasteiger partial charge in [-0.3, -0.25) is 9.59 Å². The average Bonchev–Trinajstić information content (AvgIpc) is 2.16. The largest absolute Gasteiger partial charge is 0.495 e. The van der Waals surface area contributed by atoms with Crippen LogP contribution in [0.2, 0.25) is 0 Å². The third-order valence-corrected chi connectivity index (χ3v) is 1.57. The van der Waals surface area contributed by atoms with Crippen LogP contribution in [0.15, 0.2) is 12.1 Å². The van der Waals surface area contributed by atoms with Crippen molar-refractivity contribution in [2.75, 3.05) is 7.11 Å². The SMILES string of the molecule is COc1c(C=O)cc(F)cc1C=O. The predicted octanol–water partition coefficient (Wildman–Crippen LogP) is 1.46. The van der Waals surface area contributed by atoms with Gasteiger partial charge < -0.3 is 4.74 Å². The lowest BCUT2D eigenvalue weighted by atomic mass is 10.1. The van der Waals surface area contributed by atoms with Gasteiger partial charge in [0.25, 0.3) is 0 Å². The van der Waals surface area contributed by atoms with Gasteiger partial charge in [0.05, 0.1) is 18.2 Å². The van der Waals surface area contributed by atoms with Crippen LogP contribution in [0.25, 0.3) is 0 Å². The molecule has 0 heterocycles. The van der Waals surface area contributed by atoms with E-state index in [1.165, 1.54) is 7.11 Å². The summed E-state index contributed by atoms with van der Waals surface area (Å²) in [4.78, 5) is 20.9. The molecule has 0 aliphatic heterocycles. The molecule has 1 rings (SSSR count). The molecule has 0 aliphatic rings. The van der Waals surface area contributed by atoms with Crippen molar-refractivity contribution in [2.24, 2.45) is 0 Å². The Bertz CT molecular complexity index is 318. The van der Waals surface area contributed by atoms with Crippen LogP contribution in [0.4, 0.5) is 4.39 Å². The second kappa shape index (κ2) is 3.80. The number of aldehydes is 2. The summed E-state index contributed by atoms with van der Waals surface area (Å²) in [7, 11) is 1.31. The van der Waals surface area contributed by atoms with E-state index in [0.717, 1.165) is 12.1 Å². The fourth-order valence-electron chi connectivity index (χ4n) is 1.05. The maximum atomic E-state index is 12.7. The Morgan fingerprint density at radius 3 is 2.00 bits per heavy atom. The predicted molar refractivity (Wildman–Crippen MR) is 43.7 cm³/mol. The molecular weight excluding hydrogens is 175 g/mol. The second-order valence-electron chi connectivity index (χ2n) is 2.35. The van der Waals surface area contributed by atoms with Crippen LogP contribution in [0, 0.1) is 5.82 Å². The highest BCUT2D eigenvalue weighted by Crippen LogP contribution is 2.22. The van der Waals surface area contributed by atoms with Crippen LogP contribution in [-0.2, 0) is 0 Å². The Balaban J connectivity index is 3.41. The summed E-state index contributed by atoms with van der Waals surface area (Å²) < 4.78 is 17.5. The van der Waals surface area contributed by atoms with Gasteiger partial charge in [0.15, 0.2) is 12.6 Å². The van der Waals surface area contributed by atoms with Crippen molar-refractivity contribution >= 4 is 12.6 Å². The molecule has 1 aromatic rings. The Kier molecular flexibility index (Phi) is 2.74. The minimum Gasteiger partial charge on any atom is -0.495 e. The summed E-state index contributed by atoms with van der Waals surface area (Å²) in [5, 5.41) is 0. The number of carbonyl (C=O) groups is 2. The van der Waals surface area contributed by atoms with Gasteiger partial charge >= 0.3 is 0 Å². The normalized spacial score (nSPS) is 9.38. The van der Waals surface area contributed by atoms with Crippen molar-refractivity contribution in [3.63, 3.8) is 0 Å². The Morgan fingerprint density at radius 1 is 1.23 bits per heavy atom. The number of ether oxygens (including phenoxy) is 1. The van der Waals surface area contributed by atoms with E-state index in [1.54, 1.807) is 0 Å². The standard InChI is InChI=1S/C9H7FO3/c1-13-9-6(4-11)2-8(10)3-7(9)5-12/h2-5H,1H3. The molecule has 0 aromatic heterocycles. The lowest BCUT2D eigenvalue weighted by Gasteiger charge is -2.05. The fraction of sp³-hybridized carbons (Fsp3) is 0.111. The molecule has 3 nitrogen and oxygen atoms in total. The molecule has 0 fully saturated rings. The van der Waals surface area contributed by atoms with E-state index >= 15 is 0 Å². The molecule has 0 N–H and O–H groups in total. The van der Waals surface area contributed by atoms with Gasteiger partial charge in [-0.1, -0.05) is 0 Å². The first-order valence-corrected chi connectivity index (χ1v) is 3.50. The summed E-state index contributed by atoms with van der Waals surface area (Å²) in [6.45, 7) is 0. The Morgan fingerprint density at radius 2 is 1.69 bits per heavy atom. The Labute approximate surface area is 74.1 Å². The van der Waals surface area contributed by atoms with Crippen LogP contribution < -0.4 is 4.74 Å². The van der Waals surface area contributed by atoms with Gasteiger partial charge in [0.1, 0.15) is 11.6 Å². The summed E-state index contributed by atoms with van der Waals surface area (Å²) in [5.74, 6) is -0.531. The maximum Gasteiger partial charge on any atom is 0.153 e. The minimum absolute atomic E-state index is 0.0320. The first-order chi connectivity index (χ1) is 6.22. The number of benzene rings is 1. The minimum atomic E-state index is -0.634. The number of methoxy groups -OCH3 is 1. The number of hydrogen-bond acceptors (Lipinski definition) is 3. The molecular formula is C9H7FO3. The topological polar surface area (TPSA) is 43.4 Å². The summed E-state index contributed by atoms with van der Waals surface area (Å²) in [5.41, 5.74) is 0.0641. The highest BCUT2D eigenvalue weighted by Gasteiger charge is 2.10. The van der Waals surface area contributed by atoms with Crippen molar-refractivity contribution in [3.05, 3.63) is 29.1 Å². The number of halogens is 1. The number of carbonyl (C=O) groups excluding carboxylic acids is 2. The van der Waals surface area contributed by atoms with Crippen LogP contribution in [0.5, 0.6) is 5.75 Å². The third-order valence-electron chi connectivity index (χ3n) is 1.57. The molecule has 1 aromatic carbocycles. The van der Waals surface area contributed by atoms with Gasteiger partial charge in [-0.25, -0.2) is 4.39 Å². The molecule has 0 atom stereocenters. The summed E-state index contributed by atoms with van der Waals surface area (Å²) in [6, 6.07) is 2.03. The quantitative estimate of drug-likeness (QED) is 0.664. The summed E-state index contributed by atoms with van der Waals surface area (Å²) >= 11 is 0. The van der Waals surface area contributed by atoms with Crippen molar-refractivity contribution in [3.8, 4) is 5.75 Å². The van der Waals surface area contributed by atoms with E-state index in [1.807, 2.05) is 0 Å². The molecule has 0 amide bonds. The van der Waals surface area contributed by atoms with Gasteiger partial charge in [-0.05, 0) is 12.1 Å². The number of rotatable bonds is 3. The zero-order valence-corrected chi connectivity index (χ0v) is 6.91. The summed E-state index contributed by atoms with van der Waals surface area (Å²) in [6.07, 6.45) is 0.879. The van der Waals surface area contributed by atoms with Gasteiger partial charge in [-0.15, -0.1) is 0 Å². The smallest absolute Gasteiger partial charge is 0.153 e. The van der Waals surface area contributed by atoms with Crippen LogP contribution >= 0.6 is 0 Å². The number of hydrogen-bond donors (Lipinski definition) is 0. The zero-order chi connectivity index (χ0) is 9.84. The van der Waals surface area contributed by atoms with Gasteiger partial charge in [0.2, 0.25) is 0 Å². The molecule has 4 heteroatoms. The van der Waals surface area contributed by atoms with Crippen molar-refractivity contribution in [2.45, 2.75) is 0 Å². The highest BCUT2D eigenvalue weighted by atomic mass is 19.1. The van der Waals surface area contributed by atoms with E-state index in [9.17, 15) is 14.0 Å². The molecule has 0 unspecified atom stereocenters. The molecule has 13 heavy (non-hydrogen) atoms. The van der Waals surface area contributed by atoms with E-state index in [0.29, 0.717) is 12.6 Å². The molecule has 0 bridgehead atoms. The molecule has 0 aliphatic carbocycles. The first kappa shape index (κ1) is 9.38. The van der Waals surface area contributed by atoms with Gasteiger partial charge in [0, 0.05) is 0 Å². The van der Waals surface area contributed by atoms with Crippen LogP contribution in [0.3, 0.4) is 0 Å². The van der Waals surface area contributed by atoms with Crippen molar-refractivity contribution in [1.82, 2.24) is 0 Å². The van der Waals surface area contributed by atoms with E-state index in [4.69, 9.17) is 4.74 Å². The molecule has 0 radical (unpaired) electrons. The average molecular weight is 182 g/mol. The highest BCUT2D eigenvalue weighted by molar-refractivity contribution is 5.88. The van der Waals surface area contributed by atoms with Crippen molar-refractivity contribution in [1.29, 1.82) is 0 Å². The molecule has 0 saturated carbocycles. The third kappa shape index (κ3) is 1.72. The monoisotopic (exact) mass is 182 g/mol. The lowest BCUT2D eigenvalue weighted by molar-refractivity contribution is 0.111. The van der Waals surface area contributed by atoms with Crippen molar-refractivity contribution < 1.29 is 18.7 Å². The van der Waals surface area contributed by atoms with Gasteiger partial charge in [-0.2, -0.15) is 0 Å². The lowest BCUT2D eigenvalue weighted by Crippen LogP contribution is -1.97. The zero-order valence-electron chi connectivity index (χ0n) is 6.91. The Hall–Kier alpha value is -1.71. The second-order valence-corrected chi connectivity index (χ2v) is 2.35. The molecule has 68 valence electrons. The fourth-order valence-corrected chi connectivity index (χ4v) is 1.05.